The van der Waals surface area contributed by atoms with Gasteiger partial charge in [0.2, 0.25) is 11.8 Å². The summed E-state index contributed by atoms with van der Waals surface area (Å²) in [6.07, 6.45) is 7.52. The summed E-state index contributed by atoms with van der Waals surface area (Å²) < 4.78 is 4.91. The zero-order valence-corrected chi connectivity index (χ0v) is 24.9. The van der Waals surface area contributed by atoms with Gasteiger partial charge in [-0.3, -0.25) is 19.4 Å². The number of rotatable bonds is 11. The van der Waals surface area contributed by atoms with Crippen molar-refractivity contribution < 1.29 is 19.1 Å². The summed E-state index contributed by atoms with van der Waals surface area (Å²) in [4.78, 5) is 42.8. The van der Waals surface area contributed by atoms with Crippen LogP contribution in [0.4, 0.5) is 4.79 Å². The third-order valence-corrected chi connectivity index (χ3v) is 10.2. The predicted molar refractivity (Wildman–Crippen MR) is 159 cm³/mol. The van der Waals surface area contributed by atoms with Crippen LogP contribution in [-0.2, 0) is 20.9 Å². The van der Waals surface area contributed by atoms with Gasteiger partial charge in [-0.25, -0.2) is 4.79 Å². The second-order valence-corrected chi connectivity index (χ2v) is 12.9. The van der Waals surface area contributed by atoms with Gasteiger partial charge < -0.3 is 15.4 Å². The number of hydrogen-bond acceptors (Lipinski definition) is 7. The number of thioether (sulfide) groups is 2. The quantitative estimate of drug-likeness (QED) is 0.369. The highest BCUT2D eigenvalue weighted by molar-refractivity contribution is 7.99. The van der Waals surface area contributed by atoms with Crippen LogP contribution in [0.25, 0.3) is 0 Å². The van der Waals surface area contributed by atoms with Gasteiger partial charge in [0.25, 0.3) is 0 Å². The molecule has 2 saturated heterocycles. The van der Waals surface area contributed by atoms with Gasteiger partial charge in [-0.15, -0.1) is 11.8 Å². The largest absolute Gasteiger partial charge is 0.433 e. The molecule has 0 radical (unpaired) electrons. The molecule has 1 saturated carbocycles. The Morgan fingerprint density at radius 2 is 1.82 bits per heavy atom. The zero-order valence-electron chi connectivity index (χ0n) is 22.5. The lowest BCUT2D eigenvalue weighted by atomic mass is 9.91. The highest BCUT2D eigenvalue weighted by Crippen LogP contribution is 2.27. The van der Waals surface area contributed by atoms with Gasteiger partial charge in [0.1, 0.15) is 12.1 Å². The number of nitrogens with one attached hydrogen (secondary N) is 2. The molecule has 2 heterocycles. The number of ether oxygens (including phenoxy) is 1. The number of carbonyl (C=O) groups is 3. The lowest BCUT2D eigenvalue weighted by Crippen LogP contribution is -2.56. The molecule has 2 atom stereocenters. The molecule has 0 aromatic heterocycles. The monoisotopic (exact) mass is 596 g/mol. The van der Waals surface area contributed by atoms with E-state index in [0.717, 1.165) is 38.2 Å². The fraction of sp³-hybridized carbons (Fsp3) is 0.679. The molecular formula is C28H41ClN4O4S2. The molecule has 0 unspecified atom stereocenters. The maximum absolute atomic E-state index is 13.5. The summed E-state index contributed by atoms with van der Waals surface area (Å²) in [7, 11) is 0. The Morgan fingerprint density at radius 3 is 2.54 bits per heavy atom. The summed E-state index contributed by atoms with van der Waals surface area (Å²) in [5, 5.41) is 6.20. The average Bonchev–Trinajstić information content (AvgIpc) is 3.45. The molecular weight excluding hydrogens is 556 g/mol. The molecule has 1 aromatic rings. The van der Waals surface area contributed by atoms with Crippen LogP contribution in [0.3, 0.4) is 0 Å². The van der Waals surface area contributed by atoms with Crippen molar-refractivity contribution >= 4 is 53.0 Å². The van der Waals surface area contributed by atoms with Crippen molar-refractivity contribution in [1.82, 2.24) is 20.4 Å². The van der Waals surface area contributed by atoms with E-state index in [0.29, 0.717) is 23.3 Å². The van der Waals surface area contributed by atoms with E-state index in [1.54, 1.807) is 11.8 Å². The van der Waals surface area contributed by atoms with Gasteiger partial charge in [-0.2, -0.15) is 11.8 Å². The summed E-state index contributed by atoms with van der Waals surface area (Å²) >= 11 is 8.79. The number of alkyl halides is 1. The predicted octanol–water partition coefficient (Wildman–Crippen LogP) is 4.27. The third-order valence-electron chi connectivity index (χ3n) is 7.78. The van der Waals surface area contributed by atoms with Crippen molar-refractivity contribution in [2.75, 3.05) is 42.3 Å². The van der Waals surface area contributed by atoms with Gasteiger partial charge in [-0.05, 0) is 42.9 Å². The molecule has 3 aliphatic rings. The molecule has 4 rings (SSSR count). The number of nitrogens with zero attached hydrogens (tertiary/aromatic N) is 2. The highest BCUT2D eigenvalue weighted by Gasteiger charge is 2.37. The zero-order chi connectivity index (χ0) is 27.5. The van der Waals surface area contributed by atoms with Crippen LogP contribution in [0.1, 0.15) is 50.5 Å². The molecule has 0 spiro atoms. The molecule has 3 amide bonds. The van der Waals surface area contributed by atoms with Crippen molar-refractivity contribution in [3.8, 4) is 0 Å². The fourth-order valence-corrected chi connectivity index (χ4v) is 8.01. The summed E-state index contributed by atoms with van der Waals surface area (Å²) in [5.41, 5.74) is 1.30. The molecule has 1 aliphatic carbocycles. The number of benzene rings is 1. The van der Waals surface area contributed by atoms with E-state index < -0.39 is 18.2 Å². The molecule has 0 bridgehead atoms. The summed E-state index contributed by atoms with van der Waals surface area (Å²) in [5.74, 6) is 2.58. The van der Waals surface area contributed by atoms with Crippen molar-refractivity contribution in [3.63, 3.8) is 0 Å². The minimum absolute atomic E-state index is 0.0875. The van der Waals surface area contributed by atoms with Crippen LogP contribution in [-0.4, -0.2) is 88.1 Å². The van der Waals surface area contributed by atoms with Gasteiger partial charge in [0.15, 0.2) is 6.07 Å². The van der Waals surface area contributed by atoms with Crippen LogP contribution < -0.4 is 10.6 Å². The Bertz CT molecular complexity index is 929. The molecule has 11 heteroatoms. The first-order chi connectivity index (χ1) is 19.0. The van der Waals surface area contributed by atoms with Gasteiger partial charge in [0.05, 0.1) is 5.88 Å². The van der Waals surface area contributed by atoms with Crippen LogP contribution in [0.15, 0.2) is 30.3 Å². The Labute approximate surface area is 245 Å². The van der Waals surface area contributed by atoms with Crippen molar-refractivity contribution in [2.45, 2.75) is 69.6 Å². The standard InChI is InChI=1S/C28H41ClN4O4S2/c29-19-37-28(36)33-20-39-18-25(33)27(35)31-24(17-38-16-22-9-5-2-6-10-22)26(34)30-23-11-13-32(14-12-23)15-21-7-3-1-4-8-21/h1,3-4,7-8,22-25H,2,5-6,9-20H2,(H,30,34)(H,31,35)/t24-,25-/m0/s1. The molecule has 216 valence electrons. The Hall–Kier alpha value is -1.62. The molecule has 8 nitrogen and oxygen atoms in total. The number of piperidine rings is 1. The Kier molecular flexibility index (Phi) is 12.4. The van der Waals surface area contributed by atoms with E-state index in [1.165, 1.54) is 54.3 Å². The van der Waals surface area contributed by atoms with E-state index in [4.69, 9.17) is 16.3 Å². The second kappa shape index (κ2) is 16.0. The van der Waals surface area contributed by atoms with E-state index in [9.17, 15) is 14.4 Å². The van der Waals surface area contributed by atoms with Crippen LogP contribution >= 0.6 is 35.1 Å². The van der Waals surface area contributed by atoms with E-state index >= 15 is 0 Å². The SMILES string of the molecule is O=C(NC1CCN(Cc2ccccc2)CC1)[C@H](CSCC1CCCCC1)NC(=O)[C@@H]1CSCN1C(=O)OCCl. The van der Waals surface area contributed by atoms with Gasteiger partial charge in [-0.1, -0.05) is 61.2 Å². The highest BCUT2D eigenvalue weighted by atomic mass is 35.5. The fourth-order valence-electron chi connectivity index (χ4n) is 5.51. The first kappa shape index (κ1) is 30.3. The minimum atomic E-state index is -0.675. The molecule has 2 N–H and O–H groups in total. The minimum Gasteiger partial charge on any atom is -0.433 e. The molecule has 2 aliphatic heterocycles. The number of carbonyl (C=O) groups excluding carboxylic acids is 3. The van der Waals surface area contributed by atoms with Crippen molar-refractivity contribution in [1.29, 1.82) is 0 Å². The van der Waals surface area contributed by atoms with Crippen LogP contribution in [0.2, 0.25) is 0 Å². The second-order valence-electron chi connectivity index (χ2n) is 10.7. The maximum Gasteiger partial charge on any atom is 0.412 e. The molecule has 39 heavy (non-hydrogen) atoms. The van der Waals surface area contributed by atoms with Gasteiger partial charge >= 0.3 is 6.09 Å². The van der Waals surface area contributed by atoms with Crippen LogP contribution in [0.5, 0.6) is 0 Å². The number of halogens is 1. The average molecular weight is 597 g/mol. The van der Waals surface area contributed by atoms with Crippen molar-refractivity contribution in [3.05, 3.63) is 35.9 Å². The normalized spacial score (nSPS) is 21.9. The number of amides is 3. The maximum atomic E-state index is 13.5. The Balaban J connectivity index is 1.31. The number of hydrogen-bond donors (Lipinski definition) is 2. The molecule has 3 fully saturated rings. The summed E-state index contributed by atoms with van der Waals surface area (Å²) in [6.45, 7) is 2.76. The molecule has 1 aromatic carbocycles. The lowest BCUT2D eigenvalue weighted by Gasteiger charge is -2.33. The first-order valence-corrected chi connectivity index (χ1v) is 16.9. The van der Waals surface area contributed by atoms with E-state index in [-0.39, 0.29) is 23.9 Å². The van der Waals surface area contributed by atoms with E-state index in [2.05, 4.69) is 39.8 Å². The van der Waals surface area contributed by atoms with E-state index in [1.807, 2.05) is 6.07 Å². The Morgan fingerprint density at radius 1 is 1.08 bits per heavy atom. The lowest BCUT2D eigenvalue weighted by molar-refractivity contribution is -0.130. The summed E-state index contributed by atoms with van der Waals surface area (Å²) in [6, 6.07) is 8.95. The smallest absolute Gasteiger partial charge is 0.412 e. The van der Waals surface area contributed by atoms with Gasteiger partial charge in [0, 0.05) is 37.2 Å². The van der Waals surface area contributed by atoms with Crippen molar-refractivity contribution in [2.24, 2.45) is 5.92 Å². The number of likely N-dealkylation sites (tertiary alicyclic amines) is 1. The first-order valence-electron chi connectivity index (χ1n) is 14.1. The third kappa shape index (κ3) is 9.47. The topological polar surface area (TPSA) is 91.0 Å². The van der Waals surface area contributed by atoms with Crippen LogP contribution in [0, 0.1) is 5.92 Å².